The first-order valence-corrected chi connectivity index (χ1v) is 5.47. The Hall–Kier alpha value is -1.59. The van der Waals surface area contributed by atoms with Crippen molar-refractivity contribution >= 4 is 5.84 Å². The van der Waals surface area contributed by atoms with Gasteiger partial charge in [0.05, 0.1) is 6.61 Å². The van der Waals surface area contributed by atoms with Crippen LogP contribution in [0.2, 0.25) is 0 Å². The molecule has 0 aliphatic rings. The molecule has 0 aliphatic carbocycles. The number of methoxy groups -OCH3 is 1. The number of hydrogen-bond donors (Lipinski definition) is 3. The lowest BCUT2D eigenvalue weighted by Crippen LogP contribution is -2.30. The first kappa shape index (κ1) is 13.5. The summed E-state index contributed by atoms with van der Waals surface area (Å²) < 4.78 is 5.04. The molecule has 1 aromatic carbocycles. The van der Waals surface area contributed by atoms with Gasteiger partial charge in [-0.3, -0.25) is 0 Å². The van der Waals surface area contributed by atoms with Crippen LogP contribution >= 0.6 is 0 Å². The van der Waals surface area contributed by atoms with Crippen LogP contribution in [0.4, 0.5) is 0 Å². The Morgan fingerprint density at radius 2 is 2.24 bits per heavy atom. The van der Waals surface area contributed by atoms with E-state index in [1.165, 1.54) is 0 Å². The number of hydrogen-bond acceptors (Lipinski definition) is 4. The summed E-state index contributed by atoms with van der Waals surface area (Å²) in [7, 11) is 1.67. The molecular formula is C12H19N3O2. The van der Waals surface area contributed by atoms with Crippen molar-refractivity contribution in [1.82, 2.24) is 5.32 Å². The van der Waals surface area contributed by atoms with Gasteiger partial charge in [0, 0.05) is 25.3 Å². The molecule has 0 aliphatic heterocycles. The zero-order valence-electron chi connectivity index (χ0n) is 10.2. The molecular weight excluding hydrogens is 218 g/mol. The monoisotopic (exact) mass is 237 g/mol. The molecule has 0 aromatic heterocycles. The van der Waals surface area contributed by atoms with Crippen LogP contribution in [-0.4, -0.2) is 30.8 Å². The second-order valence-electron chi connectivity index (χ2n) is 3.88. The zero-order chi connectivity index (χ0) is 12.7. The van der Waals surface area contributed by atoms with Crippen molar-refractivity contribution in [2.45, 2.75) is 19.5 Å². The predicted octanol–water partition coefficient (Wildman–Crippen LogP) is 0.906. The van der Waals surface area contributed by atoms with Crippen molar-refractivity contribution in [1.29, 1.82) is 0 Å². The zero-order valence-corrected chi connectivity index (χ0v) is 10.2. The van der Waals surface area contributed by atoms with Gasteiger partial charge >= 0.3 is 0 Å². The smallest absolute Gasteiger partial charge is 0.170 e. The first-order chi connectivity index (χ1) is 8.19. The van der Waals surface area contributed by atoms with Gasteiger partial charge in [0.25, 0.3) is 0 Å². The standard InChI is InChI=1S/C12H19N3O2/c1-9(8-17-2)14-7-10-5-3-4-6-11(10)12(13)15-16/h3-6,9,14,16H,7-8H2,1-2H3,(H2,13,15). The van der Waals surface area contributed by atoms with Gasteiger partial charge in [-0.25, -0.2) is 0 Å². The summed E-state index contributed by atoms with van der Waals surface area (Å²) in [6.45, 7) is 3.33. The van der Waals surface area contributed by atoms with E-state index >= 15 is 0 Å². The van der Waals surface area contributed by atoms with Crippen molar-refractivity contribution in [3.05, 3.63) is 35.4 Å². The Morgan fingerprint density at radius 1 is 1.53 bits per heavy atom. The van der Waals surface area contributed by atoms with E-state index in [1.54, 1.807) is 7.11 Å². The van der Waals surface area contributed by atoms with Crippen LogP contribution < -0.4 is 11.1 Å². The number of rotatable bonds is 6. The van der Waals surface area contributed by atoms with E-state index in [0.29, 0.717) is 13.2 Å². The molecule has 0 saturated heterocycles. The van der Waals surface area contributed by atoms with Crippen molar-refractivity contribution in [3.63, 3.8) is 0 Å². The summed E-state index contributed by atoms with van der Waals surface area (Å²) in [5, 5.41) is 15.0. The SMILES string of the molecule is COCC(C)NCc1ccccc1C(N)=NO. The number of nitrogens with two attached hydrogens (primary N) is 1. The number of nitrogens with zero attached hydrogens (tertiary/aromatic N) is 1. The number of amidine groups is 1. The van der Waals surface area contributed by atoms with E-state index in [0.717, 1.165) is 11.1 Å². The minimum Gasteiger partial charge on any atom is -0.409 e. The fourth-order valence-electron chi connectivity index (χ4n) is 1.57. The van der Waals surface area contributed by atoms with Gasteiger partial charge in [-0.05, 0) is 12.5 Å². The van der Waals surface area contributed by atoms with Crippen molar-refractivity contribution in [2.75, 3.05) is 13.7 Å². The normalized spacial score (nSPS) is 13.6. The number of oxime groups is 1. The van der Waals surface area contributed by atoms with Crippen molar-refractivity contribution in [3.8, 4) is 0 Å². The molecule has 0 spiro atoms. The molecule has 5 nitrogen and oxygen atoms in total. The largest absolute Gasteiger partial charge is 0.409 e. The second-order valence-corrected chi connectivity index (χ2v) is 3.88. The third-order valence-electron chi connectivity index (χ3n) is 2.46. The minimum absolute atomic E-state index is 0.127. The molecule has 0 radical (unpaired) electrons. The predicted molar refractivity (Wildman–Crippen MR) is 67.1 cm³/mol. The highest BCUT2D eigenvalue weighted by Gasteiger charge is 2.07. The average molecular weight is 237 g/mol. The quantitative estimate of drug-likeness (QED) is 0.297. The van der Waals surface area contributed by atoms with Gasteiger partial charge < -0.3 is 21.0 Å². The van der Waals surface area contributed by atoms with Gasteiger partial charge in [0.1, 0.15) is 0 Å². The summed E-state index contributed by atoms with van der Waals surface area (Å²) in [6.07, 6.45) is 0. The average Bonchev–Trinajstić information content (AvgIpc) is 2.36. The van der Waals surface area contributed by atoms with Crippen LogP contribution in [0.1, 0.15) is 18.1 Å². The van der Waals surface area contributed by atoms with Crippen molar-refractivity contribution < 1.29 is 9.94 Å². The van der Waals surface area contributed by atoms with Gasteiger partial charge in [-0.1, -0.05) is 29.4 Å². The Kier molecular flexibility index (Phi) is 5.45. The maximum Gasteiger partial charge on any atom is 0.170 e. The molecule has 94 valence electrons. The number of nitrogens with one attached hydrogen (secondary N) is 1. The lowest BCUT2D eigenvalue weighted by atomic mass is 10.1. The third-order valence-corrected chi connectivity index (χ3v) is 2.46. The Labute approximate surface area is 101 Å². The Balaban J connectivity index is 2.71. The molecule has 0 bridgehead atoms. The highest BCUT2D eigenvalue weighted by atomic mass is 16.5. The molecule has 4 N–H and O–H groups in total. The summed E-state index contributed by atoms with van der Waals surface area (Å²) in [5.74, 6) is 0.127. The lowest BCUT2D eigenvalue weighted by Gasteiger charge is -2.14. The lowest BCUT2D eigenvalue weighted by molar-refractivity contribution is 0.171. The number of benzene rings is 1. The second kappa shape index (κ2) is 6.88. The van der Waals surface area contributed by atoms with Gasteiger partial charge in [0.2, 0.25) is 0 Å². The van der Waals surface area contributed by atoms with Gasteiger partial charge in [-0.2, -0.15) is 0 Å². The van der Waals surface area contributed by atoms with Crippen LogP contribution in [-0.2, 0) is 11.3 Å². The Bertz CT molecular complexity index is 380. The van der Waals surface area contributed by atoms with E-state index in [-0.39, 0.29) is 11.9 Å². The summed E-state index contributed by atoms with van der Waals surface area (Å²) in [4.78, 5) is 0. The summed E-state index contributed by atoms with van der Waals surface area (Å²) in [6, 6.07) is 7.80. The van der Waals surface area contributed by atoms with Gasteiger partial charge in [0.15, 0.2) is 5.84 Å². The highest BCUT2D eigenvalue weighted by molar-refractivity contribution is 5.98. The Morgan fingerprint density at radius 3 is 2.88 bits per heavy atom. The maximum atomic E-state index is 8.70. The molecule has 0 fully saturated rings. The van der Waals surface area contributed by atoms with Crippen molar-refractivity contribution in [2.24, 2.45) is 10.9 Å². The molecule has 1 atom stereocenters. The van der Waals surface area contributed by atoms with Crippen LogP contribution in [0.25, 0.3) is 0 Å². The molecule has 1 unspecified atom stereocenters. The van der Waals surface area contributed by atoms with Crippen LogP contribution in [0.3, 0.4) is 0 Å². The van der Waals surface area contributed by atoms with Gasteiger partial charge in [-0.15, -0.1) is 0 Å². The molecule has 0 amide bonds. The van der Waals surface area contributed by atoms with Crippen LogP contribution in [0.15, 0.2) is 29.4 Å². The first-order valence-electron chi connectivity index (χ1n) is 5.47. The topological polar surface area (TPSA) is 79.9 Å². The molecule has 0 saturated carbocycles. The molecule has 1 aromatic rings. The van der Waals surface area contributed by atoms with E-state index in [2.05, 4.69) is 10.5 Å². The molecule has 17 heavy (non-hydrogen) atoms. The highest BCUT2D eigenvalue weighted by Crippen LogP contribution is 2.08. The van der Waals surface area contributed by atoms with E-state index in [1.807, 2.05) is 31.2 Å². The molecule has 0 heterocycles. The van der Waals surface area contributed by atoms with Crippen LogP contribution in [0, 0.1) is 0 Å². The minimum atomic E-state index is 0.127. The van der Waals surface area contributed by atoms with E-state index in [4.69, 9.17) is 15.7 Å². The third kappa shape index (κ3) is 4.05. The van der Waals surface area contributed by atoms with E-state index < -0.39 is 0 Å². The summed E-state index contributed by atoms with van der Waals surface area (Å²) >= 11 is 0. The maximum absolute atomic E-state index is 8.70. The van der Waals surface area contributed by atoms with E-state index in [9.17, 15) is 0 Å². The number of ether oxygens (including phenoxy) is 1. The molecule has 5 heteroatoms. The fourth-order valence-corrected chi connectivity index (χ4v) is 1.57. The fraction of sp³-hybridized carbons (Fsp3) is 0.417. The van der Waals surface area contributed by atoms with Crippen LogP contribution in [0.5, 0.6) is 0 Å². The summed E-state index contributed by atoms with van der Waals surface area (Å²) in [5.41, 5.74) is 7.34. The molecule has 1 rings (SSSR count).